The minimum atomic E-state index is -3.72. The summed E-state index contributed by atoms with van der Waals surface area (Å²) in [4.78, 5) is 0. The maximum absolute atomic E-state index is 13.3. The second kappa shape index (κ2) is 5.07. The van der Waals surface area contributed by atoms with E-state index >= 15 is 0 Å². The van der Waals surface area contributed by atoms with Crippen molar-refractivity contribution in [2.24, 2.45) is 0 Å². The third-order valence-corrected chi connectivity index (χ3v) is 3.79. The predicted octanol–water partition coefficient (Wildman–Crippen LogP) is 2.14. The normalized spacial score (nSPS) is 13.8. The van der Waals surface area contributed by atoms with Crippen LogP contribution in [-0.4, -0.2) is 13.6 Å². The molecule has 16 heavy (non-hydrogen) atoms. The van der Waals surface area contributed by atoms with Gasteiger partial charge in [-0.1, -0.05) is 6.07 Å². The van der Waals surface area contributed by atoms with Crippen molar-refractivity contribution in [1.82, 2.24) is 4.72 Å². The van der Waals surface area contributed by atoms with Gasteiger partial charge in [0.05, 0.1) is 0 Å². The van der Waals surface area contributed by atoms with Gasteiger partial charge in [0.15, 0.2) is 0 Å². The minimum absolute atomic E-state index is 0.323. The lowest BCUT2D eigenvalue weighted by Crippen LogP contribution is -2.28. The molecule has 7 heteroatoms. The Morgan fingerprint density at radius 3 is 2.31 bits per heavy atom. The molecular weight excluding hydrogens is 260 g/mol. The van der Waals surface area contributed by atoms with Crippen molar-refractivity contribution in [3.63, 3.8) is 0 Å². The first-order chi connectivity index (χ1) is 7.37. The number of alkyl halides is 1. The molecule has 0 bridgehead atoms. The molecule has 1 aromatic carbocycles. The predicted molar refractivity (Wildman–Crippen MR) is 57.5 cm³/mol. The minimum Gasteiger partial charge on any atom is -0.211 e. The van der Waals surface area contributed by atoms with Gasteiger partial charge in [0, 0.05) is 11.6 Å². The summed E-state index contributed by atoms with van der Waals surface area (Å²) in [7, 11) is -3.72. The molecule has 0 saturated carbocycles. The average molecular weight is 270 g/mol. The molecule has 1 N–H and O–H groups in total. The van der Waals surface area contributed by atoms with Crippen LogP contribution in [0.4, 0.5) is 8.78 Å². The van der Waals surface area contributed by atoms with Crippen LogP contribution in [0.3, 0.4) is 0 Å². The second-order valence-corrected chi connectivity index (χ2v) is 5.54. The number of rotatable bonds is 4. The van der Waals surface area contributed by atoms with Crippen molar-refractivity contribution in [2.45, 2.75) is 13.0 Å². The van der Waals surface area contributed by atoms with Crippen LogP contribution in [0.1, 0.15) is 18.5 Å². The molecule has 0 aliphatic rings. The molecule has 0 saturated heterocycles. The lowest BCUT2D eigenvalue weighted by atomic mass is 10.1. The molecule has 0 spiro atoms. The quantitative estimate of drug-likeness (QED) is 0.852. The highest BCUT2D eigenvalue weighted by molar-refractivity contribution is 7.90. The van der Waals surface area contributed by atoms with Crippen molar-refractivity contribution in [3.8, 4) is 0 Å². The topological polar surface area (TPSA) is 46.2 Å². The zero-order chi connectivity index (χ0) is 12.3. The van der Waals surface area contributed by atoms with E-state index < -0.39 is 32.9 Å². The summed E-state index contributed by atoms with van der Waals surface area (Å²) in [6, 6.07) is 2.31. The van der Waals surface area contributed by atoms with E-state index in [9.17, 15) is 17.2 Å². The van der Waals surface area contributed by atoms with Gasteiger partial charge in [0.25, 0.3) is 0 Å². The van der Waals surface area contributed by atoms with Gasteiger partial charge in [-0.25, -0.2) is 21.9 Å². The Morgan fingerprint density at radius 2 is 1.88 bits per heavy atom. The first kappa shape index (κ1) is 13.3. The molecule has 1 atom stereocenters. The number of nitrogens with one attached hydrogen (secondary N) is 1. The third kappa shape index (κ3) is 3.13. The van der Waals surface area contributed by atoms with Crippen molar-refractivity contribution < 1.29 is 17.2 Å². The number of benzene rings is 1. The summed E-state index contributed by atoms with van der Waals surface area (Å²) < 4.78 is 50.8. The smallest absolute Gasteiger partial charge is 0.211 e. The van der Waals surface area contributed by atoms with Gasteiger partial charge in [0.1, 0.15) is 16.8 Å². The standard InChI is InChI=1S/C9H10ClF2NO2S/c1-6(13-16(14,15)5-10)9-7(11)3-2-4-8(9)12/h2-4,6,13H,5H2,1H3. The van der Waals surface area contributed by atoms with Crippen LogP contribution in [0.15, 0.2) is 18.2 Å². The molecule has 0 aliphatic heterocycles. The first-order valence-corrected chi connectivity index (χ1v) is 6.56. The van der Waals surface area contributed by atoms with E-state index in [2.05, 4.69) is 4.72 Å². The Morgan fingerprint density at radius 1 is 1.38 bits per heavy atom. The molecule has 90 valence electrons. The van der Waals surface area contributed by atoms with Crippen LogP contribution < -0.4 is 4.72 Å². The van der Waals surface area contributed by atoms with E-state index in [1.54, 1.807) is 0 Å². The SMILES string of the molecule is CC(NS(=O)(=O)CCl)c1c(F)cccc1F. The molecule has 0 heterocycles. The monoisotopic (exact) mass is 269 g/mol. The van der Waals surface area contributed by atoms with Gasteiger partial charge < -0.3 is 0 Å². The molecule has 1 aromatic rings. The van der Waals surface area contributed by atoms with Gasteiger partial charge in [-0.15, -0.1) is 11.6 Å². The lowest BCUT2D eigenvalue weighted by molar-refractivity contribution is 0.516. The van der Waals surface area contributed by atoms with Gasteiger partial charge in [-0.3, -0.25) is 0 Å². The number of halogens is 3. The fourth-order valence-electron chi connectivity index (χ4n) is 1.28. The zero-order valence-electron chi connectivity index (χ0n) is 8.38. The Hall–Kier alpha value is -0.720. The molecule has 1 rings (SSSR count). The van der Waals surface area contributed by atoms with Crippen molar-refractivity contribution in [3.05, 3.63) is 35.4 Å². The van der Waals surface area contributed by atoms with E-state index in [4.69, 9.17) is 11.6 Å². The molecule has 0 aromatic heterocycles. The summed E-state index contributed by atoms with van der Waals surface area (Å²) in [6.07, 6.45) is 0. The molecular formula is C9H10ClF2NO2S. The largest absolute Gasteiger partial charge is 0.226 e. The molecule has 0 amide bonds. The summed E-state index contributed by atoms with van der Waals surface area (Å²) in [5.41, 5.74) is -0.323. The Bertz CT molecular complexity index is 458. The van der Waals surface area contributed by atoms with Crippen molar-refractivity contribution in [2.75, 3.05) is 5.21 Å². The van der Waals surface area contributed by atoms with Crippen LogP contribution in [0, 0.1) is 11.6 Å². The summed E-state index contributed by atoms with van der Waals surface area (Å²) in [5, 5.41) is -0.659. The molecule has 1 unspecified atom stereocenters. The van der Waals surface area contributed by atoms with E-state index in [1.807, 2.05) is 0 Å². The van der Waals surface area contributed by atoms with Gasteiger partial charge in [-0.2, -0.15) is 0 Å². The third-order valence-electron chi connectivity index (χ3n) is 1.93. The fourth-order valence-corrected chi connectivity index (χ4v) is 2.19. The highest BCUT2D eigenvalue weighted by atomic mass is 35.5. The number of hydrogen-bond acceptors (Lipinski definition) is 2. The van der Waals surface area contributed by atoms with E-state index in [-0.39, 0.29) is 5.56 Å². The molecule has 3 nitrogen and oxygen atoms in total. The van der Waals surface area contributed by atoms with Crippen LogP contribution >= 0.6 is 11.6 Å². The second-order valence-electron chi connectivity index (χ2n) is 3.20. The van der Waals surface area contributed by atoms with E-state index in [0.29, 0.717) is 0 Å². The van der Waals surface area contributed by atoms with E-state index in [0.717, 1.165) is 12.1 Å². The number of sulfonamides is 1. The van der Waals surface area contributed by atoms with Crippen LogP contribution in [0.5, 0.6) is 0 Å². The van der Waals surface area contributed by atoms with Crippen molar-refractivity contribution in [1.29, 1.82) is 0 Å². The fraction of sp³-hybridized carbons (Fsp3) is 0.333. The highest BCUT2D eigenvalue weighted by Crippen LogP contribution is 2.20. The van der Waals surface area contributed by atoms with Crippen LogP contribution in [-0.2, 0) is 10.0 Å². The Balaban J connectivity index is 3.02. The maximum atomic E-state index is 13.3. The Labute approximate surface area is 97.5 Å². The summed E-state index contributed by atoms with van der Waals surface area (Å²) in [6.45, 7) is 1.34. The highest BCUT2D eigenvalue weighted by Gasteiger charge is 2.20. The summed E-state index contributed by atoms with van der Waals surface area (Å²) >= 11 is 5.17. The lowest BCUT2D eigenvalue weighted by Gasteiger charge is -2.14. The first-order valence-electron chi connectivity index (χ1n) is 4.37. The van der Waals surface area contributed by atoms with Gasteiger partial charge in [-0.05, 0) is 19.1 Å². The van der Waals surface area contributed by atoms with Crippen molar-refractivity contribution >= 4 is 21.6 Å². The zero-order valence-corrected chi connectivity index (χ0v) is 9.95. The molecule has 0 radical (unpaired) electrons. The summed E-state index contributed by atoms with van der Waals surface area (Å²) in [5.74, 6) is -1.60. The maximum Gasteiger partial charge on any atom is 0.226 e. The molecule has 0 fully saturated rings. The Kier molecular flexibility index (Phi) is 4.23. The van der Waals surface area contributed by atoms with Crippen LogP contribution in [0.25, 0.3) is 0 Å². The van der Waals surface area contributed by atoms with Gasteiger partial charge >= 0.3 is 0 Å². The number of hydrogen-bond donors (Lipinski definition) is 1. The molecule has 0 aliphatic carbocycles. The van der Waals surface area contributed by atoms with Crippen LogP contribution in [0.2, 0.25) is 0 Å². The average Bonchev–Trinajstić information content (AvgIpc) is 2.16. The van der Waals surface area contributed by atoms with Gasteiger partial charge in [0.2, 0.25) is 10.0 Å². The van der Waals surface area contributed by atoms with E-state index in [1.165, 1.54) is 13.0 Å².